The highest BCUT2D eigenvalue weighted by molar-refractivity contribution is 5.75. The summed E-state index contributed by atoms with van der Waals surface area (Å²) in [5.74, 6) is 12.7. The Labute approximate surface area is 170 Å². The summed E-state index contributed by atoms with van der Waals surface area (Å²) < 4.78 is 0. The second-order valence-corrected chi connectivity index (χ2v) is 7.86. The van der Waals surface area contributed by atoms with Crippen LogP contribution in [0.1, 0.15) is 136 Å². The van der Waals surface area contributed by atoms with Crippen LogP contribution in [0.5, 0.6) is 0 Å². The molecule has 27 heavy (non-hydrogen) atoms. The average molecular weight is 373 g/mol. The van der Waals surface area contributed by atoms with Gasteiger partial charge in [-0.2, -0.15) is 0 Å². The van der Waals surface area contributed by atoms with Crippen molar-refractivity contribution in [3.8, 4) is 23.7 Å². The van der Waals surface area contributed by atoms with E-state index in [-0.39, 0.29) is 0 Å². The van der Waals surface area contributed by atoms with Gasteiger partial charge >= 0.3 is 0 Å². The number of carbonyl (C=O) groups excluding carboxylic acids is 1. The van der Waals surface area contributed by atoms with Crippen LogP contribution in [-0.2, 0) is 4.79 Å². The minimum atomic E-state index is 0.319. The minimum Gasteiger partial charge on any atom is -0.300 e. The molecule has 0 fully saturated rings. The number of rotatable bonds is 18. The van der Waals surface area contributed by atoms with E-state index >= 15 is 0 Å². The molecule has 1 heteroatoms. The number of hydrogen-bond donors (Lipinski definition) is 0. The molecular weight excluding hydrogens is 328 g/mol. The summed E-state index contributed by atoms with van der Waals surface area (Å²) in [6.45, 7) is 3.96. The molecule has 0 rings (SSSR count). The quantitative estimate of drug-likeness (QED) is 0.176. The van der Waals surface area contributed by atoms with E-state index in [4.69, 9.17) is 0 Å². The van der Waals surface area contributed by atoms with Crippen molar-refractivity contribution in [1.29, 1.82) is 0 Å². The van der Waals surface area contributed by atoms with Gasteiger partial charge in [-0.25, -0.2) is 0 Å². The molecule has 0 aromatic heterocycles. The van der Waals surface area contributed by atoms with Crippen LogP contribution in [0.25, 0.3) is 0 Å². The molecule has 0 amide bonds. The van der Waals surface area contributed by atoms with E-state index in [9.17, 15) is 4.79 Å². The highest BCUT2D eigenvalue weighted by Gasteiger charge is 1.94. The van der Waals surface area contributed by atoms with E-state index in [2.05, 4.69) is 30.6 Å². The molecule has 0 saturated carbocycles. The van der Waals surface area contributed by atoms with E-state index < -0.39 is 0 Å². The Morgan fingerprint density at radius 1 is 0.556 bits per heavy atom. The molecule has 0 aliphatic carbocycles. The molecule has 0 N–H and O–H groups in total. The summed E-state index contributed by atoms with van der Waals surface area (Å²) in [6.07, 6.45) is 23.7. The van der Waals surface area contributed by atoms with Gasteiger partial charge in [0.25, 0.3) is 0 Å². The summed E-state index contributed by atoms with van der Waals surface area (Å²) in [7, 11) is 0. The van der Waals surface area contributed by atoms with Crippen molar-refractivity contribution in [1.82, 2.24) is 0 Å². The molecule has 0 aliphatic heterocycles. The number of Topliss-reactive ketones (excluding diaryl/α,β-unsaturated/α-hetero) is 1. The topological polar surface area (TPSA) is 17.1 Å². The molecule has 0 radical (unpaired) electrons. The monoisotopic (exact) mass is 372 g/mol. The fraction of sp³-hybridized carbons (Fsp3) is 0.808. The zero-order valence-corrected chi connectivity index (χ0v) is 18.3. The van der Waals surface area contributed by atoms with E-state index in [0.29, 0.717) is 5.78 Å². The summed E-state index contributed by atoms with van der Waals surface area (Å²) >= 11 is 0. The summed E-state index contributed by atoms with van der Waals surface area (Å²) in [6, 6.07) is 0. The lowest BCUT2D eigenvalue weighted by Crippen LogP contribution is -1.89. The fourth-order valence-electron chi connectivity index (χ4n) is 3.21. The molecular formula is C26H44O. The van der Waals surface area contributed by atoms with Crippen molar-refractivity contribution in [2.24, 2.45) is 0 Å². The first-order valence-corrected chi connectivity index (χ1v) is 11.7. The Bertz CT molecular complexity index is 440. The zero-order valence-electron chi connectivity index (χ0n) is 18.3. The highest BCUT2D eigenvalue weighted by atomic mass is 16.1. The second kappa shape index (κ2) is 22.8. The lowest BCUT2D eigenvalue weighted by atomic mass is 10.1. The number of unbranched alkanes of at least 4 members (excludes halogenated alkanes) is 16. The third-order valence-corrected chi connectivity index (χ3v) is 4.98. The molecule has 154 valence electrons. The molecule has 0 saturated heterocycles. The molecule has 0 unspecified atom stereocenters. The smallest absolute Gasteiger partial charge is 0.129 e. The predicted molar refractivity (Wildman–Crippen MR) is 120 cm³/mol. The number of hydrogen-bond acceptors (Lipinski definition) is 1. The Hall–Kier alpha value is -1.21. The molecule has 0 aromatic carbocycles. The maximum absolute atomic E-state index is 10.8. The van der Waals surface area contributed by atoms with Gasteiger partial charge in [0, 0.05) is 19.3 Å². The summed E-state index contributed by atoms with van der Waals surface area (Å²) in [4.78, 5) is 10.8. The minimum absolute atomic E-state index is 0.319. The van der Waals surface area contributed by atoms with Crippen molar-refractivity contribution in [2.45, 2.75) is 136 Å². The van der Waals surface area contributed by atoms with Crippen LogP contribution in [0.4, 0.5) is 0 Å². The van der Waals surface area contributed by atoms with E-state index in [1.54, 1.807) is 6.92 Å². The lowest BCUT2D eigenvalue weighted by Gasteiger charge is -2.00. The van der Waals surface area contributed by atoms with Gasteiger partial charge in [-0.15, -0.1) is 0 Å². The average Bonchev–Trinajstić information content (AvgIpc) is 2.65. The first kappa shape index (κ1) is 25.8. The third kappa shape index (κ3) is 24.8. The van der Waals surface area contributed by atoms with Gasteiger partial charge in [0.1, 0.15) is 5.78 Å². The standard InChI is InChI=1S/C26H44O/c1-3-4-5-6-7-8-9-10-11-12-13-14-15-16-17-18-19-20-21-22-23-24-25-26(2)27/h3-13,18-25H2,1-2H3. The first-order chi connectivity index (χ1) is 13.3. The third-order valence-electron chi connectivity index (χ3n) is 4.98. The van der Waals surface area contributed by atoms with Gasteiger partial charge in [-0.05, 0) is 38.0 Å². The van der Waals surface area contributed by atoms with Crippen molar-refractivity contribution in [2.75, 3.05) is 0 Å². The molecule has 0 heterocycles. The molecule has 1 nitrogen and oxygen atoms in total. The van der Waals surface area contributed by atoms with Crippen molar-refractivity contribution >= 4 is 5.78 Å². The van der Waals surface area contributed by atoms with Crippen LogP contribution in [-0.4, -0.2) is 5.78 Å². The highest BCUT2D eigenvalue weighted by Crippen LogP contribution is 2.11. The van der Waals surface area contributed by atoms with E-state index in [1.807, 2.05) is 0 Å². The fourth-order valence-corrected chi connectivity index (χ4v) is 3.21. The van der Waals surface area contributed by atoms with E-state index in [0.717, 1.165) is 25.7 Å². The molecule has 0 atom stereocenters. The van der Waals surface area contributed by atoms with Gasteiger partial charge in [0.15, 0.2) is 0 Å². The Morgan fingerprint density at radius 3 is 1.33 bits per heavy atom. The molecule has 0 bridgehead atoms. The predicted octanol–water partition coefficient (Wildman–Crippen LogP) is 8.01. The van der Waals surface area contributed by atoms with Gasteiger partial charge in [-0.3, -0.25) is 0 Å². The normalized spacial score (nSPS) is 10.0. The van der Waals surface area contributed by atoms with Crippen molar-refractivity contribution in [3.05, 3.63) is 0 Å². The maximum Gasteiger partial charge on any atom is 0.129 e. The van der Waals surface area contributed by atoms with Crippen molar-refractivity contribution in [3.63, 3.8) is 0 Å². The van der Waals surface area contributed by atoms with Gasteiger partial charge in [0.05, 0.1) is 0 Å². The van der Waals surface area contributed by atoms with E-state index in [1.165, 1.54) is 96.3 Å². The van der Waals surface area contributed by atoms with Crippen LogP contribution in [0.15, 0.2) is 0 Å². The van der Waals surface area contributed by atoms with Crippen LogP contribution in [0, 0.1) is 23.7 Å². The Balaban J connectivity index is 3.25. The van der Waals surface area contributed by atoms with Crippen LogP contribution in [0.3, 0.4) is 0 Å². The van der Waals surface area contributed by atoms with Crippen LogP contribution in [0.2, 0.25) is 0 Å². The first-order valence-electron chi connectivity index (χ1n) is 11.7. The molecule has 0 aliphatic rings. The lowest BCUT2D eigenvalue weighted by molar-refractivity contribution is -0.117. The van der Waals surface area contributed by atoms with Gasteiger partial charge < -0.3 is 4.79 Å². The molecule has 0 spiro atoms. The summed E-state index contributed by atoms with van der Waals surface area (Å²) in [5.41, 5.74) is 0. The Morgan fingerprint density at radius 2 is 0.926 bits per heavy atom. The SMILES string of the molecule is CCCCCCCCCCCCC#CC#CCCCCCCCCC(C)=O. The van der Waals surface area contributed by atoms with Gasteiger partial charge in [-0.1, -0.05) is 102 Å². The Kier molecular flexibility index (Phi) is 21.8. The summed E-state index contributed by atoms with van der Waals surface area (Å²) in [5, 5.41) is 0. The van der Waals surface area contributed by atoms with Crippen LogP contribution < -0.4 is 0 Å². The zero-order chi connectivity index (χ0) is 19.8. The van der Waals surface area contributed by atoms with Crippen molar-refractivity contribution < 1.29 is 4.79 Å². The molecule has 0 aromatic rings. The number of ketones is 1. The second-order valence-electron chi connectivity index (χ2n) is 7.86. The maximum atomic E-state index is 10.8. The van der Waals surface area contributed by atoms with Crippen LogP contribution >= 0.6 is 0 Å². The largest absolute Gasteiger partial charge is 0.300 e. The van der Waals surface area contributed by atoms with Gasteiger partial charge in [0.2, 0.25) is 0 Å². The number of carbonyl (C=O) groups is 1.